The lowest BCUT2D eigenvalue weighted by Crippen LogP contribution is -1.99. The zero-order valence-corrected chi connectivity index (χ0v) is 6.36. The van der Waals surface area contributed by atoms with E-state index in [9.17, 15) is 0 Å². The molecule has 0 saturated heterocycles. The van der Waals surface area contributed by atoms with Crippen molar-refractivity contribution in [2.45, 2.75) is 27.2 Å². The molecule has 0 aromatic rings. The molecule has 0 aliphatic carbocycles. The van der Waals surface area contributed by atoms with Crippen LogP contribution in [0.4, 0.5) is 0 Å². The van der Waals surface area contributed by atoms with E-state index in [2.05, 4.69) is 32.6 Å². The minimum absolute atomic E-state index is 0.0785. The van der Waals surface area contributed by atoms with E-state index in [0.29, 0.717) is 6.42 Å². The molecule has 0 saturated carbocycles. The third-order valence-corrected chi connectivity index (χ3v) is 0.700. The van der Waals surface area contributed by atoms with E-state index in [4.69, 9.17) is 5.11 Å². The van der Waals surface area contributed by atoms with Crippen molar-refractivity contribution in [2.24, 2.45) is 5.41 Å². The van der Waals surface area contributed by atoms with Gasteiger partial charge in [0.25, 0.3) is 0 Å². The van der Waals surface area contributed by atoms with Gasteiger partial charge in [-0.15, -0.1) is 5.92 Å². The summed E-state index contributed by atoms with van der Waals surface area (Å²) in [5, 5.41) is 8.36. The van der Waals surface area contributed by atoms with E-state index >= 15 is 0 Å². The Morgan fingerprint density at radius 1 is 1.33 bits per heavy atom. The maximum atomic E-state index is 8.36. The molecule has 0 aliphatic rings. The Hall–Kier alpha value is -0.480. The average Bonchev–Trinajstić information content (AvgIpc) is 1.63. The zero-order chi connectivity index (χ0) is 7.33. The van der Waals surface area contributed by atoms with Crippen LogP contribution in [0, 0.1) is 17.3 Å². The van der Waals surface area contributed by atoms with E-state index in [-0.39, 0.29) is 12.0 Å². The third-order valence-electron chi connectivity index (χ3n) is 0.700. The smallest absolute Gasteiger partial charge is 0.0540 e. The van der Waals surface area contributed by atoms with E-state index in [0.717, 1.165) is 0 Å². The molecule has 0 aromatic carbocycles. The van der Waals surface area contributed by atoms with Crippen molar-refractivity contribution in [3.63, 3.8) is 0 Å². The van der Waals surface area contributed by atoms with Gasteiger partial charge in [0.15, 0.2) is 0 Å². The lowest BCUT2D eigenvalue weighted by molar-refractivity contribution is 0.305. The Morgan fingerprint density at radius 2 is 1.89 bits per heavy atom. The maximum absolute atomic E-state index is 8.36. The van der Waals surface area contributed by atoms with Crippen LogP contribution < -0.4 is 0 Å². The van der Waals surface area contributed by atoms with Crippen molar-refractivity contribution in [1.29, 1.82) is 0 Å². The van der Waals surface area contributed by atoms with Gasteiger partial charge in [0, 0.05) is 11.8 Å². The normalized spacial score (nSPS) is 10.2. The fraction of sp³-hybridized carbons (Fsp3) is 0.750. The van der Waals surface area contributed by atoms with Gasteiger partial charge in [-0.3, -0.25) is 0 Å². The second kappa shape index (κ2) is 3.53. The molecule has 0 amide bonds. The largest absolute Gasteiger partial charge is 0.395 e. The molecule has 1 heteroatoms. The van der Waals surface area contributed by atoms with Crippen LogP contribution in [0.3, 0.4) is 0 Å². The predicted octanol–water partition coefficient (Wildman–Crippen LogP) is 1.42. The van der Waals surface area contributed by atoms with Gasteiger partial charge in [-0.05, 0) is 20.8 Å². The zero-order valence-electron chi connectivity index (χ0n) is 6.36. The van der Waals surface area contributed by atoms with Crippen molar-refractivity contribution in [3.8, 4) is 11.8 Å². The second-order valence-corrected chi connectivity index (χ2v) is 3.03. The molecule has 0 fully saturated rings. The van der Waals surface area contributed by atoms with E-state index < -0.39 is 0 Å². The van der Waals surface area contributed by atoms with Crippen molar-refractivity contribution in [2.75, 3.05) is 6.61 Å². The summed E-state index contributed by atoms with van der Waals surface area (Å²) < 4.78 is 0. The molecular formula is C8H14O. The second-order valence-electron chi connectivity index (χ2n) is 3.03. The average molecular weight is 126 g/mol. The molecule has 0 heterocycles. The molecule has 0 spiro atoms. The lowest BCUT2D eigenvalue weighted by Gasteiger charge is -2.06. The number of aliphatic hydroxyl groups excluding tert-OH is 1. The van der Waals surface area contributed by atoms with Gasteiger partial charge >= 0.3 is 0 Å². The number of aliphatic hydroxyl groups is 1. The van der Waals surface area contributed by atoms with Crippen LogP contribution in [0.25, 0.3) is 0 Å². The minimum atomic E-state index is 0.0785. The van der Waals surface area contributed by atoms with Gasteiger partial charge in [0.1, 0.15) is 0 Å². The summed E-state index contributed by atoms with van der Waals surface area (Å²) in [6, 6.07) is 0. The molecule has 0 bridgehead atoms. The molecule has 0 rings (SSSR count). The Bertz CT molecular complexity index is 120. The molecular weight excluding hydrogens is 112 g/mol. The standard InChI is InChI=1S/C8H14O/c1-8(2,3)6-4-5-7-9/h9H,5,7H2,1-3H3. The Kier molecular flexibility index (Phi) is 3.34. The molecule has 0 aliphatic heterocycles. The maximum Gasteiger partial charge on any atom is 0.0540 e. The van der Waals surface area contributed by atoms with Gasteiger partial charge in [0.05, 0.1) is 6.61 Å². The predicted molar refractivity (Wildman–Crippen MR) is 38.9 cm³/mol. The number of hydrogen-bond acceptors (Lipinski definition) is 1. The molecule has 1 nitrogen and oxygen atoms in total. The number of rotatable bonds is 1. The van der Waals surface area contributed by atoms with Crippen molar-refractivity contribution in [1.82, 2.24) is 0 Å². The summed E-state index contributed by atoms with van der Waals surface area (Å²) in [6.45, 7) is 6.33. The van der Waals surface area contributed by atoms with E-state index in [1.54, 1.807) is 0 Å². The van der Waals surface area contributed by atoms with Crippen LogP contribution >= 0.6 is 0 Å². The van der Waals surface area contributed by atoms with Crippen molar-refractivity contribution >= 4 is 0 Å². The highest BCUT2D eigenvalue weighted by atomic mass is 16.2. The highest BCUT2D eigenvalue weighted by Gasteiger charge is 2.02. The van der Waals surface area contributed by atoms with Gasteiger partial charge in [-0.1, -0.05) is 5.92 Å². The molecule has 0 radical (unpaired) electrons. The summed E-state index contributed by atoms with van der Waals surface area (Å²) in [6.07, 6.45) is 0.595. The molecule has 9 heavy (non-hydrogen) atoms. The summed E-state index contributed by atoms with van der Waals surface area (Å²) in [4.78, 5) is 0. The lowest BCUT2D eigenvalue weighted by atomic mass is 9.98. The van der Waals surface area contributed by atoms with Crippen LogP contribution in [0.15, 0.2) is 0 Å². The molecule has 1 N–H and O–H groups in total. The summed E-state index contributed by atoms with van der Waals surface area (Å²) in [5.74, 6) is 5.89. The Morgan fingerprint density at radius 3 is 2.22 bits per heavy atom. The topological polar surface area (TPSA) is 20.2 Å². The highest BCUT2D eigenvalue weighted by Crippen LogP contribution is 2.09. The molecule has 0 aromatic heterocycles. The summed E-state index contributed by atoms with van der Waals surface area (Å²) in [5.41, 5.74) is 0.0785. The first-order chi connectivity index (χ1) is 4.06. The Balaban J connectivity index is 3.59. The van der Waals surface area contributed by atoms with Crippen LogP contribution in [0.1, 0.15) is 27.2 Å². The van der Waals surface area contributed by atoms with Crippen molar-refractivity contribution < 1.29 is 5.11 Å². The summed E-state index contributed by atoms with van der Waals surface area (Å²) >= 11 is 0. The first-order valence-corrected chi connectivity index (χ1v) is 3.17. The van der Waals surface area contributed by atoms with Crippen LogP contribution in [0.2, 0.25) is 0 Å². The summed E-state index contributed by atoms with van der Waals surface area (Å²) in [7, 11) is 0. The molecule has 0 unspecified atom stereocenters. The highest BCUT2D eigenvalue weighted by molar-refractivity contribution is 5.06. The monoisotopic (exact) mass is 126 g/mol. The minimum Gasteiger partial charge on any atom is -0.395 e. The van der Waals surface area contributed by atoms with Gasteiger partial charge in [0.2, 0.25) is 0 Å². The Labute approximate surface area is 57.1 Å². The fourth-order valence-electron chi connectivity index (χ4n) is 0.384. The van der Waals surface area contributed by atoms with Crippen LogP contribution in [-0.2, 0) is 0 Å². The first kappa shape index (κ1) is 8.52. The van der Waals surface area contributed by atoms with Crippen LogP contribution in [0.5, 0.6) is 0 Å². The van der Waals surface area contributed by atoms with E-state index in [1.165, 1.54) is 0 Å². The number of hydrogen-bond donors (Lipinski definition) is 1. The van der Waals surface area contributed by atoms with E-state index in [1.807, 2.05) is 0 Å². The fourth-order valence-corrected chi connectivity index (χ4v) is 0.384. The van der Waals surface area contributed by atoms with Gasteiger partial charge < -0.3 is 5.11 Å². The first-order valence-electron chi connectivity index (χ1n) is 3.17. The van der Waals surface area contributed by atoms with Crippen molar-refractivity contribution in [3.05, 3.63) is 0 Å². The third kappa shape index (κ3) is 7.52. The quantitative estimate of drug-likeness (QED) is 0.527. The van der Waals surface area contributed by atoms with Gasteiger partial charge in [-0.25, -0.2) is 0 Å². The SMILES string of the molecule is CC(C)(C)C#CCCO. The van der Waals surface area contributed by atoms with Gasteiger partial charge in [-0.2, -0.15) is 0 Å². The molecule has 0 atom stereocenters. The molecule has 52 valence electrons. The van der Waals surface area contributed by atoms with Crippen LogP contribution in [-0.4, -0.2) is 11.7 Å².